The molecule has 3 fully saturated rings. The first-order valence-corrected chi connectivity index (χ1v) is 16.2. The van der Waals surface area contributed by atoms with E-state index in [1.807, 2.05) is 6.20 Å². The largest absolute Gasteiger partial charge is 0.446 e. The van der Waals surface area contributed by atoms with Crippen molar-refractivity contribution in [3.05, 3.63) is 83.9 Å². The number of carbonyl (C=O) groups is 1. The number of hydrogen-bond acceptors (Lipinski definition) is 5. The Bertz CT molecular complexity index is 1420. The number of aryl methyl sites for hydroxylation is 1. The molecule has 2 aliphatic heterocycles. The minimum Gasteiger partial charge on any atom is -0.446 e. The molecule has 1 saturated carbocycles. The van der Waals surface area contributed by atoms with Gasteiger partial charge < -0.3 is 24.4 Å². The van der Waals surface area contributed by atoms with Crippen molar-refractivity contribution in [1.82, 2.24) is 19.8 Å². The SMILES string of the molecule is CNC(=O)O[C@H]1CCC[C@@H]1C(Cn1ccnc1C)(c1ccccc1)C1CCN(CC2CN(c3ccc(C(F)(F)F)cc3)C2)CC1. The van der Waals surface area contributed by atoms with E-state index in [2.05, 4.69) is 68.1 Å². The summed E-state index contributed by atoms with van der Waals surface area (Å²) >= 11 is 0. The van der Waals surface area contributed by atoms with Crippen molar-refractivity contribution in [1.29, 1.82) is 0 Å². The molecule has 1 unspecified atom stereocenters. The van der Waals surface area contributed by atoms with Gasteiger partial charge >= 0.3 is 12.3 Å². The van der Waals surface area contributed by atoms with Crippen molar-refractivity contribution in [3.63, 3.8) is 0 Å². The van der Waals surface area contributed by atoms with Gasteiger partial charge in [-0.05, 0) is 87.9 Å². The molecule has 2 aromatic carbocycles. The van der Waals surface area contributed by atoms with E-state index in [1.165, 1.54) is 17.7 Å². The predicted molar refractivity (Wildman–Crippen MR) is 168 cm³/mol. The predicted octanol–water partition coefficient (Wildman–Crippen LogP) is 6.52. The van der Waals surface area contributed by atoms with Gasteiger partial charge in [-0.2, -0.15) is 13.2 Å². The summed E-state index contributed by atoms with van der Waals surface area (Å²) in [5.41, 5.74) is 1.32. The maximum Gasteiger partial charge on any atom is 0.416 e. The fourth-order valence-electron chi connectivity index (χ4n) is 8.30. The molecule has 242 valence electrons. The second-order valence-electron chi connectivity index (χ2n) is 13.1. The molecule has 3 aliphatic rings. The van der Waals surface area contributed by atoms with Crippen LogP contribution in [0.15, 0.2) is 67.0 Å². The van der Waals surface area contributed by atoms with E-state index < -0.39 is 11.7 Å². The minimum absolute atomic E-state index is 0.154. The fraction of sp³-hybridized carbons (Fsp3) is 0.543. The average Bonchev–Trinajstić information content (AvgIpc) is 3.66. The summed E-state index contributed by atoms with van der Waals surface area (Å²) in [6.07, 6.45) is 4.10. The highest BCUT2D eigenvalue weighted by atomic mass is 19.4. The molecule has 0 radical (unpaired) electrons. The topological polar surface area (TPSA) is 62.6 Å². The number of aromatic nitrogens is 2. The highest BCUT2D eigenvalue weighted by molar-refractivity contribution is 5.67. The van der Waals surface area contributed by atoms with Crippen LogP contribution in [0.2, 0.25) is 0 Å². The van der Waals surface area contributed by atoms with Gasteiger partial charge in [-0.3, -0.25) is 0 Å². The molecule has 2 saturated heterocycles. The van der Waals surface area contributed by atoms with Crippen LogP contribution in [0, 0.1) is 24.7 Å². The lowest BCUT2D eigenvalue weighted by Crippen LogP contribution is -2.55. The number of rotatable bonds is 9. The zero-order valence-corrected chi connectivity index (χ0v) is 26.2. The van der Waals surface area contributed by atoms with Gasteiger partial charge in [0.2, 0.25) is 0 Å². The van der Waals surface area contributed by atoms with Crippen LogP contribution in [0.25, 0.3) is 0 Å². The summed E-state index contributed by atoms with van der Waals surface area (Å²) in [4.78, 5) is 21.8. The molecule has 3 aromatic rings. The Balaban J connectivity index is 1.18. The van der Waals surface area contributed by atoms with Crippen molar-refractivity contribution in [2.24, 2.45) is 17.8 Å². The maximum atomic E-state index is 13.0. The number of piperidine rings is 1. The lowest BCUT2D eigenvalue weighted by Gasteiger charge is -2.51. The summed E-state index contributed by atoms with van der Waals surface area (Å²) in [5.74, 6) is 2.05. The van der Waals surface area contributed by atoms with Crippen LogP contribution >= 0.6 is 0 Å². The van der Waals surface area contributed by atoms with E-state index in [0.29, 0.717) is 11.8 Å². The number of ether oxygens (including phenoxy) is 1. The van der Waals surface area contributed by atoms with Crippen LogP contribution in [-0.4, -0.2) is 66.4 Å². The number of amides is 1. The number of nitrogens with zero attached hydrogens (tertiary/aromatic N) is 4. The van der Waals surface area contributed by atoms with Gasteiger partial charge in [-0.15, -0.1) is 0 Å². The highest BCUT2D eigenvalue weighted by Gasteiger charge is 2.53. The van der Waals surface area contributed by atoms with Crippen molar-refractivity contribution >= 4 is 11.8 Å². The highest BCUT2D eigenvalue weighted by Crippen LogP contribution is 2.52. The standard InChI is InChI=1S/C35H44F3N5O2/c1-25-40-17-20-42(25)24-34(27-7-4-3-5-8-27,31-9-6-10-32(31)45-33(44)39-2)28-15-18-41(19-16-28)21-26-22-43(23-26)30-13-11-29(12-14-30)35(36,37)38/h3-5,7-8,11-14,17,20,26,28,31-32H,6,9-10,15-16,18-19,21-24H2,1-2H3,(H,39,44)/t31-,32-,34?/m0/s1. The van der Waals surface area contributed by atoms with Gasteiger partial charge in [0, 0.05) is 68.6 Å². The molecule has 3 atom stereocenters. The molecular formula is C35H44F3N5O2. The monoisotopic (exact) mass is 623 g/mol. The van der Waals surface area contributed by atoms with E-state index >= 15 is 0 Å². The molecular weight excluding hydrogens is 579 g/mol. The second-order valence-corrected chi connectivity index (χ2v) is 13.1. The van der Waals surface area contributed by atoms with Crippen LogP contribution in [0.1, 0.15) is 49.1 Å². The smallest absolute Gasteiger partial charge is 0.416 e. The number of anilines is 1. The first-order chi connectivity index (χ1) is 21.7. The molecule has 6 rings (SSSR count). The Morgan fingerprint density at radius 2 is 1.69 bits per heavy atom. The zero-order chi connectivity index (χ0) is 31.6. The summed E-state index contributed by atoms with van der Waals surface area (Å²) in [7, 11) is 1.62. The maximum absolute atomic E-state index is 13.0. The normalized spacial score (nSPS) is 23.0. The van der Waals surface area contributed by atoms with E-state index in [0.717, 1.165) is 82.9 Å². The third-order valence-electron chi connectivity index (χ3n) is 10.6. The molecule has 0 bridgehead atoms. The van der Waals surface area contributed by atoms with Crippen molar-refractivity contribution in [2.75, 3.05) is 44.7 Å². The number of imidazole rings is 1. The zero-order valence-electron chi connectivity index (χ0n) is 26.2. The molecule has 10 heteroatoms. The van der Waals surface area contributed by atoms with E-state index in [-0.39, 0.29) is 23.5 Å². The van der Waals surface area contributed by atoms with Gasteiger partial charge in [0.1, 0.15) is 11.9 Å². The minimum atomic E-state index is -4.31. The Morgan fingerprint density at radius 1 is 0.978 bits per heavy atom. The Hall–Kier alpha value is -3.53. The number of likely N-dealkylation sites (tertiary alicyclic amines) is 1. The Morgan fingerprint density at radius 3 is 2.31 bits per heavy atom. The van der Waals surface area contributed by atoms with Crippen LogP contribution in [0.4, 0.5) is 23.7 Å². The lowest BCUT2D eigenvalue weighted by molar-refractivity contribution is -0.137. The van der Waals surface area contributed by atoms with E-state index in [1.54, 1.807) is 19.2 Å². The third kappa shape index (κ3) is 6.57. The average molecular weight is 624 g/mol. The first-order valence-electron chi connectivity index (χ1n) is 16.2. The quantitative estimate of drug-likeness (QED) is 0.294. The molecule has 1 amide bonds. The van der Waals surface area contributed by atoms with Crippen LogP contribution in [-0.2, 0) is 22.9 Å². The first kappa shape index (κ1) is 31.5. The third-order valence-corrected chi connectivity index (χ3v) is 10.6. The molecule has 1 N–H and O–H groups in total. The summed E-state index contributed by atoms with van der Waals surface area (Å²) in [5, 5.41) is 2.66. The van der Waals surface area contributed by atoms with E-state index in [4.69, 9.17) is 4.74 Å². The Labute approximate surface area is 263 Å². The number of alkyl carbamates (subject to hydrolysis) is 1. The molecule has 7 nitrogen and oxygen atoms in total. The van der Waals surface area contributed by atoms with Gasteiger partial charge in [0.05, 0.1) is 5.56 Å². The summed E-state index contributed by atoms with van der Waals surface area (Å²) < 4.78 is 47.3. The number of halogens is 3. The van der Waals surface area contributed by atoms with Gasteiger partial charge in [0.25, 0.3) is 0 Å². The number of carbonyl (C=O) groups excluding carboxylic acids is 1. The molecule has 0 spiro atoms. The van der Waals surface area contributed by atoms with Gasteiger partial charge in [0.15, 0.2) is 0 Å². The summed E-state index contributed by atoms with van der Waals surface area (Å²) in [6.45, 7) is 7.54. The Kier molecular flexibility index (Phi) is 9.13. The molecule has 1 aromatic heterocycles. The van der Waals surface area contributed by atoms with E-state index in [9.17, 15) is 18.0 Å². The van der Waals surface area contributed by atoms with Crippen molar-refractivity contribution in [2.45, 2.75) is 63.3 Å². The number of benzene rings is 2. The fourth-order valence-corrected chi connectivity index (χ4v) is 8.30. The van der Waals surface area contributed by atoms with Crippen LogP contribution in [0.3, 0.4) is 0 Å². The number of alkyl halides is 3. The number of nitrogens with one attached hydrogen (secondary N) is 1. The molecule has 1 aliphatic carbocycles. The van der Waals surface area contributed by atoms with Gasteiger partial charge in [-0.25, -0.2) is 9.78 Å². The summed E-state index contributed by atoms with van der Waals surface area (Å²) in [6, 6.07) is 16.4. The molecule has 45 heavy (non-hydrogen) atoms. The number of hydrogen-bond donors (Lipinski definition) is 1. The van der Waals surface area contributed by atoms with Crippen LogP contribution < -0.4 is 10.2 Å². The molecule has 3 heterocycles. The van der Waals surface area contributed by atoms with Crippen molar-refractivity contribution < 1.29 is 22.7 Å². The van der Waals surface area contributed by atoms with Gasteiger partial charge in [-0.1, -0.05) is 30.3 Å². The van der Waals surface area contributed by atoms with Crippen LogP contribution in [0.5, 0.6) is 0 Å². The van der Waals surface area contributed by atoms with Crippen molar-refractivity contribution in [3.8, 4) is 0 Å². The second kappa shape index (κ2) is 13.1. The lowest BCUT2D eigenvalue weighted by atomic mass is 9.58.